The van der Waals surface area contributed by atoms with Crippen molar-refractivity contribution >= 4 is 27.5 Å². The van der Waals surface area contributed by atoms with Crippen LogP contribution in [0.1, 0.15) is 20.3 Å². The summed E-state index contributed by atoms with van der Waals surface area (Å²) in [6, 6.07) is 12.1. The number of carbonyl (C=O) groups is 1. The lowest BCUT2D eigenvalue weighted by Crippen LogP contribution is -2.47. The van der Waals surface area contributed by atoms with E-state index >= 15 is 0 Å². The van der Waals surface area contributed by atoms with Crippen LogP contribution >= 0.6 is 11.6 Å². The fourth-order valence-electron chi connectivity index (χ4n) is 4.59. The number of nitrogens with one attached hydrogen (secondary N) is 1. The van der Waals surface area contributed by atoms with E-state index in [-0.39, 0.29) is 23.0 Å². The topological polar surface area (TPSA) is 88.2 Å². The Morgan fingerprint density at radius 3 is 2.22 bits per heavy atom. The van der Waals surface area contributed by atoms with Gasteiger partial charge in [-0.05, 0) is 74.4 Å². The summed E-state index contributed by atoms with van der Waals surface area (Å²) >= 11 is 5.89. The lowest BCUT2D eigenvalue weighted by Gasteiger charge is -2.36. The van der Waals surface area contributed by atoms with Gasteiger partial charge in [0.25, 0.3) is 0 Å². The first-order valence-corrected chi connectivity index (χ1v) is 13.8. The third-order valence-corrected chi connectivity index (χ3v) is 7.90. The third-order valence-electron chi connectivity index (χ3n) is 6.16. The first-order chi connectivity index (χ1) is 17.1. The molecule has 2 aromatic carbocycles. The van der Waals surface area contributed by atoms with Crippen LogP contribution in [0.25, 0.3) is 0 Å². The lowest BCUT2D eigenvalue weighted by atomic mass is 10.1. The summed E-state index contributed by atoms with van der Waals surface area (Å²) in [6.07, 6.45) is 2.59. The van der Waals surface area contributed by atoms with Crippen molar-refractivity contribution in [3.8, 4) is 11.5 Å². The number of morpholine rings is 1. The summed E-state index contributed by atoms with van der Waals surface area (Å²) in [6.45, 7) is 6.96. The van der Waals surface area contributed by atoms with Crippen LogP contribution in [0.3, 0.4) is 0 Å². The minimum absolute atomic E-state index is 0.0613. The molecule has 0 aromatic heterocycles. The fraction of sp³-hybridized carbons (Fsp3) is 0.423. The van der Waals surface area contributed by atoms with E-state index in [4.69, 9.17) is 21.1 Å². The maximum Gasteiger partial charge on any atom is 0.241 e. The largest absolute Gasteiger partial charge is 0.457 e. The zero-order valence-corrected chi connectivity index (χ0v) is 22.3. The van der Waals surface area contributed by atoms with Crippen molar-refractivity contribution in [2.75, 3.05) is 33.2 Å². The van der Waals surface area contributed by atoms with Crippen LogP contribution < -0.4 is 9.46 Å². The van der Waals surface area contributed by atoms with Gasteiger partial charge in [0.15, 0.2) is 0 Å². The monoisotopic (exact) mass is 533 g/mol. The van der Waals surface area contributed by atoms with Crippen LogP contribution in [0.15, 0.2) is 65.1 Å². The Morgan fingerprint density at radius 1 is 1.03 bits per heavy atom. The zero-order chi connectivity index (χ0) is 25.9. The smallest absolute Gasteiger partial charge is 0.241 e. The molecular weight excluding hydrogens is 502 g/mol. The van der Waals surface area contributed by atoms with Crippen molar-refractivity contribution in [3.63, 3.8) is 0 Å². The van der Waals surface area contributed by atoms with Gasteiger partial charge in [-0.25, -0.2) is 8.42 Å². The highest BCUT2D eigenvalue weighted by molar-refractivity contribution is 7.89. The molecule has 36 heavy (non-hydrogen) atoms. The summed E-state index contributed by atoms with van der Waals surface area (Å²) in [4.78, 5) is 16.9. The molecule has 0 aliphatic carbocycles. The van der Waals surface area contributed by atoms with Gasteiger partial charge in [-0.2, -0.15) is 4.72 Å². The second kappa shape index (κ2) is 11.3. The minimum atomic E-state index is -3.91. The highest BCUT2D eigenvalue weighted by Gasteiger charge is 2.31. The molecular formula is C26H32ClN3O5S. The number of carbonyl (C=O) groups excluding carboxylic acids is 1. The van der Waals surface area contributed by atoms with Crippen LogP contribution in [-0.2, 0) is 19.6 Å². The predicted molar refractivity (Wildman–Crippen MR) is 139 cm³/mol. The van der Waals surface area contributed by atoms with E-state index in [9.17, 15) is 13.2 Å². The number of benzene rings is 2. The van der Waals surface area contributed by atoms with Crippen LogP contribution in [0.5, 0.6) is 11.5 Å². The van der Waals surface area contributed by atoms with Crippen molar-refractivity contribution in [2.45, 2.75) is 43.4 Å². The van der Waals surface area contributed by atoms with Gasteiger partial charge >= 0.3 is 0 Å². The van der Waals surface area contributed by atoms with Gasteiger partial charge in [0.2, 0.25) is 15.9 Å². The van der Waals surface area contributed by atoms with E-state index in [1.807, 2.05) is 6.08 Å². The quantitative estimate of drug-likeness (QED) is 0.546. The molecule has 2 aliphatic heterocycles. The molecule has 0 saturated carbocycles. The van der Waals surface area contributed by atoms with Gasteiger partial charge in [0, 0.05) is 38.2 Å². The number of sulfonamides is 1. The van der Waals surface area contributed by atoms with Crippen molar-refractivity contribution in [3.05, 3.63) is 65.2 Å². The molecule has 4 rings (SSSR count). The van der Waals surface area contributed by atoms with Gasteiger partial charge in [-0.15, -0.1) is 0 Å². The molecule has 1 fully saturated rings. The standard InChI is InChI=1S/C26H32ClN3O5S/c1-18-14-30(15-19(2)34-18)17-20-4-13-25(26(31)29(3)16-20)28-36(32,33)24-11-9-23(10-12-24)35-22-7-5-21(27)6-8-22/h4-12,18-19,25,28H,13-17H2,1-3H3/t18?,19?,25-/m1/s1. The molecule has 3 atom stereocenters. The Labute approximate surface area is 217 Å². The molecule has 0 bridgehead atoms. The van der Waals surface area contributed by atoms with Crippen LogP contribution in [-0.4, -0.2) is 75.6 Å². The number of halogens is 1. The number of amides is 1. The number of ether oxygens (including phenoxy) is 2. The van der Waals surface area contributed by atoms with Gasteiger partial charge in [-0.3, -0.25) is 9.69 Å². The molecule has 0 radical (unpaired) electrons. The molecule has 0 spiro atoms. The van der Waals surface area contributed by atoms with Crippen LogP contribution in [0, 0.1) is 0 Å². The SMILES string of the molecule is CC1CN(CC2=CC[C@@H](NS(=O)(=O)c3ccc(Oc4ccc(Cl)cc4)cc3)C(=O)N(C)C2)CC(C)O1. The maximum atomic E-state index is 13.1. The number of hydrogen-bond acceptors (Lipinski definition) is 6. The minimum Gasteiger partial charge on any atom is -0.457 e. The zero-order valence-electron chi connectivity index (χ0n) is 20.7. The Balaban J connectivity index is 1.41. The van der Waals surface area contributed by atoms with E-state index in [1.54, 1.807) is 48.3 Å². The molecule has 10 heteroatoms. The molecule has 8 nitrogen and oxygen atoms in total. The average Bonchev–Trinajstić information content (AvgIpc) is 2.94. The van der Waals surface area contributed by atoms with E-state index in [0.29, 0.717) is 29.5 Å². The summed E-state index contributed by atoms with van der Waals surface area (Å²) in [7, 11) is -2.21. The Hall–Kier alpha value is -2.43. The van der Waals surface area contributed by atoms with E-state index in [0.717, 1.165) is 25.2 Å². The molecule has 1 saturated heterocycles. The van der Waals surface area contributed by atoms with E-state index < -0.39 is 16.1 Å². The fourth-order valence-corrected chi connectivity index (χ4v) is 5.92. The van der Waals surface area contributed by atoms with Crippen molar-refractivity contribution < 1.29 is 22.7 Å². The molecule has 1 N–H and O–H groups in total. The van der Waals surface area contributed by atoms with Crippen molar-refractivity contribution in [1.82, 2.24) is 14.5 Å². The Kier molecular flexibility index (Phi) is 8.37. The first kappa shape index (κ1) is 26.6. The molecule has 2 aliphatic rings. The van der Waals surface area contributed by atoms with E-state index in [2.05, 4.69) is 23.5 Å². The maximum absolute atomic E-state index is 13.1. The Morgan fingerprint density at radius 2 is 1.61 bits per heavy atom. The molecule has 2 aromatic rings. The highest BCUT2D eigenvalue weighted by atomic mass is 35.5. The van der Waals surface area contributed by atoms with Gasteiger partial charge in [0.1, 0.15) is 17.5 Å². The van der Waals surface area contributed by atoms with Gasteiger partial charge in [-0.1, -0.05) is 17.7 Å². The molecule has 194 valence electrons. The number of rotatable bonds is 7. The predicted octanol–water partition coefficient (Wildman–Crippen LogP) is 3.68. The van der Waals surface area contributed by atoms with Crippen molar-refractivity contribution in [2.24, 2.45) is 0 Å². The van der Waals surface area contributed by atoms with Crippen molar-refractivity contribution in [1.29, 1.82) is 0 Å². The second-order valence-electron chi connectivity index (χ2n) is 9.45. The lowest BCUT2D eigenvalue weighted by molar-refractivity contribution is -0.131. The van der Waals surface area contributed by atoms with Crippen LogP contribution in [0.2, 0.25) is 5.02 Å². The number of likely N-dealkylation sites (N-methyl/N-ethyl adjacent to an activating group) is 1. The Bertz CT molecular complexity index is 1190. The molecule has 2 heterocycles. The number of nitrogens with zero attached hydrogens (tertiary/aromatic N) is 2. The van der Waals surface area contributed by atoms with Gasteiger partial charge < -0.3 is 14.4 Å². The average molecular weight is 534 g/mol. The highest BCUT2D eigenvalue weighted by Crippen LogP contribution is 2.25. The summed E-state index contributed by atoms with van der Waals surface area (Å²) < 4.78 is 40.3. The molecule has 1 amide bonds. The van der Waals surface area contributed by atoms with E-state index in [1.165, 1.54) is 12.1 Å². The summed E-state index contributed by atoms with van der Waals surface area (Å²) in [5, 5.41) is 0.598. The summed E-state index contributed by atoms with van der Waals surface area (Å²) in [5.41, 5.74) is 1.09. The third kappa shape index (κ3) is 6.86. The first-order valence-electron chi connectivity index (χ1n) is 12.0. The van der Waals surface area contributed by atoms with Gasteiger partial charge in [0.05, 0.1) is 17.1 Å². The van der Waals surface area contributed by atoms with Crippen LogP contribution in [0.4, 0.5) is 0 Å². The molecule has 2 unspecified atom stereocenters. The normalized spacial score (nSPS) is 23.8. The second-order valence-corrected chi connectivity index (χ2v) is 11.6. The summed E-state index contributed by atoms with van der Waals surface area (Å²) in [5.74, 6) is 0.820. The number of hydrogen-bond donors (Lipinski definition) is 1.